The van der Waals surface area contributed by atoms with Gasteiger partial charge in [-0.2, -0.15) is 13.2 Å². The van der Waals surface area contributed by atoms with Crippen molar-refractivity contribution in [1.82, 2.24) is 9.97 Å². The second-order valence-corrected chi connectivity index (χ2v) is 5.57. The molecule has 1 heterocycles. The molecule has 112 valence electrons. The van der Waals surface area contributed by atoms with E-state index >= 15 is 0 Å². The SMILES string of the molecule is CC(C)c1nc(Br)cc(Nc2ccccc2C(F)(F)F)n1. The van der Waals surface area contributed by atoms with Crippen molar-refractivity contribution in [1.29, 1.82) is 0 Å². The van der Waals surface area contributed by atoms with Crippen molar-refractivity contribution in [2.24, 2.45) is 0 Å². The van der Waals surface area contributed by atoms with Gasteiger partial charge < -0.3 is 5.32 Å². The van der Waals surface area contributed by atoms with Crippen molar-refractivity contribution in [3.05, 3.63) is 46.3 Å². The van der Waals surface area contributed by atoms with Crippen LogP contribution in [0.15, 0.2) is 34.9 Å². The summed E-state index contributed by atoms with van der Waals surface area (Å²) in [5, 5.41) is 2.71. The first kappa shape index (κ1) is 15.8. The lowest BCUT2D eigenvalue weighted by Crippen LogP contribution is -2.09. The lowest BCUT2D eigenvalue weighted by molar-refractivity contribution is -0.136. The Balaban J connectivity index is 2.39. The number of hydrogen-bond acceptors (Lipinski definition) is 3. The van der Waals surface area contributed by atoms with E-state index in [1.165, 1.54) is 18.2 Å². The second-order valence-electron chi connectivity index (χ2n) is 4.76. The van der Waals surface area contributed by atoms with Crippen LogP contribution >= 0.6 is 15.9 Å². The molecule has 2 rings (SSSR count). The Labute approximate surface area is 128 Å². The van der Waals surface area contributed by atoms with Gasteiger partial charge in [0.05, 0.1) is 11.3 Å². The predicted molar refractivity (Wildman–Crippen MR) is 78.5 cm³/mol. The molecule has 0 amide bonds. The van der Waals surface area contributed by atoms with Gasteiger partial charge in [-0.15, -0.1) is 0 Å². The first-order valence-corrected chi connectivity index (χ1v) is 7.04. The van der Waals surface area contributed by atoms with Gasteiger partial charge in [-0.3, -0.25) is 0 Å². The largest absolute Gasteiger partial charge is 0.418 e. The Hall–Kier alpha value is -1.63. The van der Waals surface area contributed by atoms with Gasteiger partial charge in [0.15, 0.2) is 0 Å². The molecular formula is C14H13BrF3N3. The average molecular weight is 360 g/mol. The quantitative estimate of drug-likeness (QED) is 0.772. The summed E-state index contributed by atoms with van der Waals surface area (Å²) in [6, 6.07) is 6.83. The molecule has 0 saturated carbocycles. The molecule has 21 heavy (non-hydrogen) atoms. The number of hydrogen-bond donors (Lipinski definition) is 1. The zero-order valence-corrected chi connectivity index (χ0v) is 13.0. The predicted octanol–water partition coefficient (Wildman–Crippen LogP) is 5.12. The maximum Gasteiger partial charge on any atom is 0.418 e. The van der Waals surface area contributed by atoms with Crippen LogP contribution in [0, 0.1) is 0 Å². The van der Waals surface area contributed by atoms with Crippen LogP contribution in [0.1, 0.15) is 31.2 Å². The molecule has 1 aromatic heterocycles. The molecule has 0 saturated heterocycles. The molecule has 0 radical (unpaired) electrons. The lowest BCUT2D eigenvalue weighted by Gasteiger charge is -2.15. The molecule has 0 aliphatic heterocycles. The summed E-state index contributed by atoms with van der Waals surface area (Å²) in [6.07, 6.45) is -4.42. The summed E-state index contributed by atoms with van der Waals surface area (Å²) >= 11 is 3.24. The molecular weight excluding hydrogens is 347 g/mol. The third-order valence-electron chi connectivity index (χ3n) is 2.72. The molecule has 0 bridgehead atoms. The zero-order chi connectivity index (χ0) is 15.6. The van der Waals surface area contributed by atoms with Gasteiger partial charge in [-0.05, 0) is 28.1 Å². The fraction of sp³-hybridized carbons (Fsp3) is 0.286. The van der Waals surface area contributed by atoms with Crippen molar-refractivity contribution in [2.75, 3.05) is 5.32 Å². The molecule has 3 nitrogen and oxygen atoms in total. The Kier molecular flexibility index (Phi) is 4.51. The van der Waals surface area contributed by atoms with E-state index in [2.05, 4.69) is 31.2 Å². The van der Waals surface area contributed by atoms with E-state index in [4.69, 9.17) is 0 Å². The number of nitrogens with one attached hydrogen (secondary N) is 1. The molecule has 7 heteroatoms. The first-order chi connectivity index (χ1) is 9.77. The van der Waals surface area contributed by atoms with Crippen molar-refractivity contribution < 1.29 is 13.2 Å². The highest BCUT2D eigenvalue weighted by Crippen LogP contribution is 2.35. The number of benzene rings is 1. The minimum Gasteiger partial charge on any atom is -0.340 e. The number of nitrogens with zero attached hydrogens (tertiary/aromatic N) is 2. The zero-order valence-electron chi connectivity index (χ0n) is 11.4. The molecule has 0 aliphatic rings. The molecule has 1 N–H and O–H groups in total. The van der Waals surface area contributed by atoms with Crippen molar-refractivity contribution in [3.63, 3.8) is 0 Å². The number of alkyl halides is 3. The van der Waals surface area contributed by atoms with Crippen molar-refractivity contribution in [2.45, 2.75) is 25.9 Å². The van der Waals surface area contributed by atoms with E-state index in [9.17, 15) is 13.2 Å². The van der Waals surface area contributed by atoms with E-state index < -0.39 is 11.7 Å². The van der Waals surface area contributed by atoms with E-state index in [-0.39, 0.29) is 11.6 Å². The lowest BCUT2D eigenvalue weighted by atomic mass is 10.1. The van der Waals surface area contributed by atoms with Crippen LogP contribution in [0.2, 0.25) is 0 Å². The van der Waals surface area contributed by atoms with Crippen LogP contribution in [-0.2, 0) is 6.18 Å². The second kappa shape index (κ2) is 6.01. The molecule has 0 unspecified atom stereocenters. The molecule has 0 atom stereocenters. The van der Waals surface area contributed by atoms with Gasteiger partial charge >= 0.3 is 6.18 Å². The van der Waals surface area contributed by atoms with Crippen LogP contribution in [0.3, 0.4) is 0 Å². The Morgan fingerprint density at radius 1 is 1.14 bits per heavy atom. The fourth-order valence-electron chi connectivity index (χ4n) is 1.73. The van der Waals surface area contributed by atoms with Gasteiger partial charge in [-0.1, -0.05) is 26.0 Å². The molecule has 0 fully saturated rings. The van der Waals surface area contributed by atoms with Crippen LogP contribution in [-0.4, -0.2) is 9.97 Å². The third-order valence-corrected chi connectivity index (χ3v) is 3.13. The van der Waals surface area contributed by atoms with E-state index in [0.717, 1.165) is 6.07 Å². The summed E-state index contributed by atoms with van der Waals surface area (Å²) in [6.45, 7) is 3.82. The van der Waals surface area contributed by atoms with Gasteiger partial charge in [0, 0.05) is 12.0 Å². The number of aromatic nitrogens is 2. The van der Waals surface area contributed by atoms with E-state index in [1.807, 2.05) is 13.8 Å². The molecule has 0 spiro atoms. The molecule has 2 aromatic rings. The van der Waals surface area contributed by atoms with Crippen LogP contribution < -0.4 is 5.32 Å². The minimum atomic E-state index is -4.42. The number of halogens is 4. The van der Waals surface area contributed by atoms with E-state index in [0.29, 0.717) is 16.2 Å². The van der Waals surface area contributed by atoms with Crippen LogP contribution in [0.4, 0.5) is 24.7 Å². The normalized spacial score (nSPS) is 11.8. The Bertz CT molecular complexity index is 642. The summed E-state index contributed by atoms with van der Waals surface area (Å²) in [5.41, 5.74) is -0.767. The van der Waals surface area contributed by atoms with Crippen LogP contribution in [0.5, 0.6) is 0 Å². The molecule has 1 aromatic carbocycles. The van der Waals surface area contributed by atoms with Crippen LogP contribution in [0.25, 0.3) is 0 Å². The summed E-state index contributed by atoms with van der Waals surface area (Å²) in [5.74, 6) is 0.939. The standard InChI is InChI=1S/C14H13BrF3N3/c1-8(2)13-20-11(15)7-12(21-13)19-10-6-4-3-5-9(10)14(16,17)18/h3-8H,1-2H3,(H,19,20,21). The summed E-state index contributed by atoms with van der Waals surface area (Å²) in [4.78, 5) is 8.42. The summed E-state index contributed by atoms with van der Waals surface area (Å²) < 4.78 is 39.4. The average Bonchev–Trinajstić information content (AvgIpc) is 2.37. The van der Waals surface area contributed by atoms with Gasteiger partial charge in [0.1, 0.15) is 16.2 Å². The maximum atomic E-state index is 13.0. The number of anilines is 2. The Morgan fingerprint density at radius 2 is 1.81 bits per heavy atom. The van der Waals surface area contributed by atoms with Gasteiger partial charge in [0.2, 0.25) is 0 Å². The monoisotopic (exact) mass is 359 g/mol. The van der Waals surface area contributed by atoms with Gasteiger partial charge in [0.25, 0.3) is 0 Å². The molecule has 0 aliphatic carbocycles. The Morgan fingerprint density at radius 3 is 2.43 bits per heavy atom. The maximum absolute atomic E-state index is 13.0. The first-order valence-electron chi connectivity index (χ1n) is 6.25. The highest BCUT2D eigenvalue weighted by Gasteiger charge is 2.33. The highest BCUT2D eigenvalue weighted by molar-refractivity contribution is 9.10. The van der Waals surface area contributed by atoms with Gasteiger partial charge in [-0.25, -0.2) is 9.97 Å². The fourth-order valence-corrected chi connectivity index (χ4v) is 2.13. The minimum absolute atomic E-state index is 0.0368. The van der Waals surface area contributed by atoms with Crippen molar-refractivity contribution in [3.8, 4) is 0 Å². The smallest absolute Gasteiger partial charge is 0.340 e. The number of para-hydroxylation sites is 1. The van der Waals surface area contributed by atoms with E-state index in [1.54, 1.807) is 6.07 Å². The third kappa shape index (κ3) is 3.93. The highest BCUT2D eigenvalue weighted by atomic mass is 79.9. The summed E-state index contributed by atoms with van der Waals surface area (Å²) in [7, 11) is 0. The number of rotatable bonds is 3. The van der Waals surface area contributed by atoms with Crippen molar-refractivity contribution >= 4 is 27.4 Å². The topological polar surface area (TPSA) is 37.8 Å².